The summed E-state index contributed by atoms with van der Waals surface area (Å²) in [5, 5.41) is 4.40. The van der Waals surface area contributed by atoms with E-state index in [2.05, 4.69) is 20.2 Å². The molecule has 3 aromatic rings. The second-order valence-corrected chi connectivity index (χ2v) is 4.71. The Hall–Kier alpha value is -1.85. The van der Waals surface area contributed by atoms with Crippen molar-refractivity contribution in [2.75, 3.05) is 31.1 Å². The van der Waals surface area contributed by atoms with Gasteiger partial charge in [-0.25, -0.2) is 9.97 Å². The zero-order valence-electron chi connectivity index (χ0n) is 10.9. The number of piperazine rings is 1. The van der Waals surface area contributed by atoms with Crippen molar-refractivity contribution in [2.45, 2.75) is 0 Å². The molecule has 20 heavy (non-hydrogen) atoms. The highest BCUT2D eigenvalue weighted by molar-refractivity contribution is 6.05. The lowest BCUT2D eigenvalue weighted by Gasteiger charge is -2.27. The molecule has 0 bridgehead atoms. The van der Waals surface area contributed by atoms with Crippen LogP contribution < -0.4 is 10.2 Å². The Labute approximate surface area is 122 Å². The number of halogens is 1. The molecule has 2 aromatic heterocycles. The Balaban J connectivity index is 0.00000121. The van der Waals surface area contributed by atoms with Crippen LogP contribution in [0.3, 0.4) is 0 Å². The van der Waals surface area contributed by atoms with Crippen LogP contribution in [0.25, 0.3) is 22.1 Å². The maximum atomic E-state index is 5.95. The van der Waals surface area contributed by atoms with E-state index in [1.54, 1.807) is 6.33 Å². The van der Waals surface area contributed by atoms with Crippen molar-refractivity contribution >= 4 is 40.3 Å². The Morgan fingerprint density at radius 3 is 2.75 bits per heavy atom. The van der Waals surface area contributed by atoms with E-state index in [-0.39, 0.29) is 12.4 Å². The topological polar surface area (TPSA) is 54.2 Å². The van der Waals surface area contributed by atoms with E-state index >= 15 is 0 Å². The quantitative estimate of drug-likeness (QED) is 0.745. The number of hydrogen-bond donors (Lipinski definition) is 1. The molecule has 0 unspecified atom stereocenters. The number of nitrogens with zero attached hydrogens (tertiary/aromatic N) is 3. The summed E-state index contributed by atoms with van der Waals surface area (Å²) in [5.41, 5.74) is 2.57. The van der Waals surface area contributed by atoms with Crippen LogP contribution in [0.4, 0.5) is 5.82 Å². The molecule has 1 N–H and O–H groups in total. The van der Waals surface area contributed by atoms with E-state index in [0.29, 0.717) is 0 Å². The first-order chi connectivity index (χ1) is 9.43. The van der Waals surface area contributed by atoms with Gasteiger partial charge in [-0.1, -0.05) is 12.1 Å². The minimum atomic E-state index is 0. The van der Waals surface area contributed by atoms with Crippen LogP contribution in [0, 0.1) is 0 Å². The van der Waals surface area contributed by atoms with Crippen LogP contribution in [-0.2, 0) is 0 Å². The summed E-state index contributed by atoms with van der Waals surface area (Å²) in [5.74, 6) is 0.905. The summed E-state index contributed by atoms with van der Waals surface area (Å²) < 4.78 is 5.95. The van der Waals surface area contributed by atoms with Gasteiger partial charge in [0.2, 0.25) is 0 Å². The lowest BCUT2D eigenvalue weighted by atomic mass is 10.2. The molecule has 1 aromatic carbocycles. The number of nitrogens with one attached hydrogen (secondary N) is 1. The molecule has 1 saturated heterocycles. The summed E-state index contributed by atoms with van der Waals surface area (Å²) in [6.45, 7) is 3.85. The number of para-hydroxylation sites is 1. The average Bonchev–Trinajstić information content (AvgIpc) is 2.87. The fourth-order valence-electron chi connectivity index (χ4n) is 2.61. The van der Waals surface area contributed by atoms with Gasteiger partial charge in [0, 0.05) is 31.6 Å². The largest absolute Gasteiger partial charge is 0.450 e. The Morgan fingerprint density at radius 2 is 1.90 bits per heavy atom. The number of benzene rings is 1. The zero-order chi connectivity index (χ0) is 12.7. The molecule has 4 rings (SSSR count). The molecule has 0 amide bonds. The number of anilines is 1. The number of aromatic nitrogens is 2. The third-order valence-corrected chi connectivity index (χ3v) is 3.56. The second kappa shape index (κ2) is 5.26. The van der Waals surface area contributed by atoms with Crippen LogP contribution in [0.5, 0.6) is 0 Å². The Morgan fingerprint density at radius 1 is 1.10 bits per heavy atom. The molecule has 0 spiro atoms. The Kier molecular flexibility index (Phi) is 3.46. The van der Waals surface area contributed by atoms with Crippen LogP contribution >= 0.6 is 12.4 Å². The van der Waals surface area contributed by atoms with Gasteiger partial charge in [-0.05, 0) is 12.1 Å². The standard InChI is InChI=1S/C14H14N4O.ClH/c1-2-4-11-10(3-1)12-13(19-11)14(17-9-16-12)18-7-5-15-6-8-18;/h1-4,9,15H,5-8H2;1H. The van der Waals surface area contributed by atoms with E-state index in [4.69, 9.17) is 4.42 Å². The van der Waals surface area contributed by atoms with Gasteiger partial charge in [-0.2, -0.15) is 0 Å². The Bertz CT molecular complexity index is 736. The first-order valence-electron chi connectivity index (χ1n) is 6.51. The lowest BCUT2D eigenvalue weighted by Crippen LogP contribution is -2.43. The van der Waals surface area contributed by atoms with E-state index in [9.17, 15) is 0 Å². The smallest absolute Gasteiger partial charge is 0.196 e. The van der Waals surface area contributed by atoms with Gasteiger partial charge < -0.3 is 14.6 Å². The van der Waals surface area contributed by atoms with E-state index in [1.807, 2.05) is 24.3 Å². The third kappa shape index (κ3) is 1.99. The van der Waals surface area contributed by atoms with Crippen molar-refractivity contribution in [3.63, 3.8) is 0 Å². The monoisotopic (exact) mass is 290 g/mol. The normalized spacial score (nSPS) is 15.5. The van der Waals surface area contributed by atoms with Gasteiger partial charge in [0.1, 0.15) is 17.4 Å². The van der Waals surface area contributed by atoms with Crippen molar-refractivity contribution in [2.24, 2.45) is 0 Å². The zero-order valence-corrected chi connectivity index (χ0v) is 11.7. The van der Waals surface area contributed by atoms with Gasteiger partial charge in [0.05, 0.1) is 0 Å². The molecule has 0 saturated carbocycles. The van der Waals surface area contributed by atoms with Crippen LogP contribution in [0.2, 0.25) is 0 Å². The van der Waals surface area contributed by atoms with Gasteiger partial charge in [0.15, 0.2) is 11.4 Å². The third-order valence-electron chi connectivity index (χ3n) is 3.56. The highest BCUT2D eigenvalue weighted by Crippen LogP contribution is 2.31. The molecule has 0 atom stereocenters. The molecule has 104 valence electrons. The van der Waals surface area contributed by atoms with Crippen LogP contribution in [-0.4, -0.2) is 36.1 Å². The molecule has 0 radical (unpaired) electrons. The first kappa shape index (κ1) is 13.1. The maximum absolute atomic E-state index is 5.95. The van der Waals surface area contributed by atoms with Crippen molar-refractivity contribution in [1.29, 1.82) is 0 Å². The molecule has 3 heterocycles. The summed E-state index contributed by atoms with van der Waals surface area (Å²) in [6, 6.07) is 7.99. The molecule has 1 fully saturated rings. The molecular formula is C14H15ClN4O. The van der Waals surface area contributed by atoms with E-state index in [1.165, 1.54) is 0 Å². The van der Waals surface area contributed by atoms with Crippen molar-refractivity contribution in [3.8, 4) is 0 Å². The number of hydrogen-bond acceptors (Lipinski definition) is 5. The van der Waals surface area contributed by atoms with Gasteiger partial charge >= 0.3 is 0 Å². The molecule has 1 aliphatic rings. The molecule has 6 heteroatoms. The summed E-state index contributed by atoms with van der Waals surface area (Å²) in [4.78, 5) is 11.0. The minimum absolute atomic E-state index is 0. The fraction of sp³-hybridized carbons (Fsp3) is 0.286. The fourth-order valence-corrected chi connectivity index (χ4v) is 2.61. The molecule has 0 aliphatic carbocycles. The predicted octanol–water partition coefficient (Wildman–Crippen LogP) is 2.21. The van der Waals surface area contributed by atoms with Crippen molar-refractivity contribution < 1.29 is 4.42 Å². The molecular weight excluding hydrogens is 276 g/mol. The minimum Gasteiger partial charge on any atom is -0.450 e. The lowest BCUT2D eigenvalue weighted by molar-refractivity contribution is 0.580. The maximum Gasteiger partial charge on any atom is 0.196 e. The SMILES string of the molecule is Cl.c1ccc2c(c1)oc1c(N3CCNCC3)ncnc12. The second-order valence-electron chi connectivity index (χ2n) is 4.71. The summed E-state index contributed by atoms with van der Waals surface area (Å²) >= 11 is 0. The summed E-state index contributed by atoms with van der Waals surface area (Å²) in [6.07, 6.45) is 1.63. The first-order valence-corrected chi connectivity index (χ1v) is 6.51. The predicted molar refractivity (Wildman–Crippen MR) is 81.6 cm³/mol. The number of furan rings is 1. The van der Waals surface area contributed by atoms with Crippen molar-refractivity contribution in [3.05, 3.63) is 30.6 Å². The summed E-state index contributed by atoms with van der Waals surface area (Å²) in [7, 11) is 0. The van der Waals surface area contributed by atoms with Gasteiger partial charge in [-0.15, -0.1) is 12.4 Å². The van der Waals surface area contributed by atoms with E-state index < -0.39 is 0 Å². The highest BCUT2D eigenvalue weighted by Gasteiger charge is 2.19. The highest BCUT2D eigenvalue weighted by atomic mass is 35.5. The van der Waals surface area contributed by atoms with Gasteiger partial charge in [-0.3, -0.25) is 0 Å². The number of fused-ring (bicyclic) bond motifs is 3. The molecule has 5 nitrogen and oxygen atoms in total. The molecule has 1 aliphatic heterocycles. The number of rotatable bonds is 1. The van der Waals surface area contributed by atoms with Gasteiger partial charge in [0.25, 0.3) is 0 Å². The average molecular weight is 291 g/mol. The van der Waals surface area contributed by atoms with Crippen LogP contribution in [0.1, 0.15) is 0 Å². The van der Waals surface area contributed by atoms with Crippen molar-refractivity contribution in [1.82, 2.24) is 15.3 Å². The van der Waals surface area contributed by atoms with E-state index in [0.717, 1.165) is 54.1 Å². The van der Waals surface area contributed by atoms with Crippen LogP contribution in [0.15, 0.2) is 35.0 Å².